The summed E-state index contributed by atoms with van der Waals surface area (Å²) in [5.74, 6) is 2.62. The van der Waals surface area contributed by atoms with Gasteiger partial charge in [0.25, 0.3) is 0 Å². The zero-order valence-corrected chi connectivity index (χ0v) is 15.6. The maximum Gasteiger partial charge on any atom is 0.203 e. The zero-order valence-electron chi connectivity index (χ0n) is 15.6. The highest BCUT2D eigenvalue weighted by molar-refractivity contribution is 5.68. The number of hydrogen-bond donors (Lipinski definition) is 1. The van der Waals surface area contributed by atoms with Gasteiger partial charge in [-0.1, -0.05) is 5.16 Å². The number of aliphatic hydroxyl groups is 1. The van der Waals surface area contributed by atoms with E-state index >= 15 is 0 Å². The van der Waals surface area contributed by atoms with Crippen molar-refractivity contribution >= 4 is 0 Å². The van der Waals surface area contributed by atoms with Crippen molar-refractivity contribution in [2.45, 2.75) is 26.0 Å². The number of rotatable bonds is 6. The second kappa shape index (κ2) is 7.00. The maximum absolute atomic E-state index is 9.41. The van der Waals surface area contributed by atoms with Gasteiger partial charge in [-0.2, -0.15) is 0 Å². The topological polar surface area (TPSA) is 78.9 Å². The molecule has 3 aromatic rings. The van der Waals surface area contributed by atoms with Crippen LogP contribution in [0.25, 0.3) is 11.3 Å². The first-order chi connectivity index (χ1) is 13.2. The lowest BCUT2D eigenvalue weighted by Gasteiger charge is -2.14. The summed E-state index contributed by atoms with van der Waals surface area (Å²) in [4.78, 5) is 0. The quantitative estimate of drug-likeness (QED) is 0.719. The fourth-order valence-corrected chi connectivity index (χ4v) is 3.68. The molecular weight excluding hydrogens is 348 g/mol. The Bertz CT molecular complexity index is 948. The third kappa shape index (κ3) is 2.94. The summed E-state index contributed by atoms with van der Waals surface area (Å²) in [5, 5.41) is 13.4. The summed E-state index contributed by atoms with van der Waals surface area (Å²) in [7, 11) is 4.81. The highest BCUT2D eigenvalue weighted by atomic mass is 16.5. The van der Waals surface area contributed by atoms with Gasteiger partial charge in [-0.15, -0.1) is 0 Å². The highest BCUT2D eigenvalue weighted by Crippen LogP contribution is 2.39. The minimum atomic E-state index is -0.0969. The van der Waals surface area contributed by atoms with Crippen LogP contribution in [0, 0.1) is 0 Å². The van der Waals surface area contributed by atoms with E-state index in [1.165, 1.54) is 5.56 Å². The van der Waals surface area contributed by atoms with Crippen LogP contribution in [0.2, 0.25) is 0 Å². The van der Waals surface area contributed by atoms with Crippen molar-refractivity contribution in [3.8, 4) is 28.6 Å². The van der Waals surface area contributed by atoms with Gasteiger partial charge in [0.05, 0.1) is 27.9 Å². The Labute approximate surface area is 157 Å². The van der Waals surface area contributed by atoms with Crippen LogP contribution in [-0.4, -0.2) is 36.2 Å². The van der Waals surface area contributed by atoms with Crippen LogP contribution < -0.4 is 14.2 Å². The number of aliphatic hydroxyl groups excluding tert-OH is 1. The number of aromatic nitrogens is 2. The van der Waals surface area contributed by atoms with E-state index in [1.54, 1.807) is 21.3 Å². The van der Waals surface area contributed by atoms with Crippen molar-refractivity contribution in [1.82, 2.24) is 9.72 Å². The third-order valence-corrected chi connectivity index (χ3v) is 4.96. The summed E-state index contributed by atoms with van der Waals surface area (Å²) < 4.78 is 23.9. The van der Waals surface area contributed by atoms with Gasteiger partial charge in [-0.3, -0.25) is 0 Å². The van der Waals surface area contributed by atoms with Gasteiger partial charge in [-0.05, 0) is 36.1 Å². The van der Waals surface area contributed by atoms with Crippen molar-refractivity contribution in [1.29, 1.82) is 0 Å². The molecule has 0 saturated carbocycles. The predicted molar refractivity (Wildman–Crippen MR) is 98.5 cm³/mol. The molecule has 27 heavy (non-hydrogen) atoms. The Balaban J connectivity index is 1.67. The molecule has 4 rings (SSSR count). The fourth-order valence-electron chi connectivity index (χ4n) is 3.68. The standard InChI is InChI=1S/C20H22N2O5/c1-24-17-6-12(7-18(25-2)20(17)26-3)8-22-9-13-4-5-14-16(11-23)21-27-19(14)15(13)10-22/h6-7,9-10,23H,4-5,8,11H2,1-3H3. The van der Waals surface area contributed by atoms with Gasteiger partial charge in [0, 0.05) is 30.1 Å². The molecule has 0 radical (unpaired) electrons. The Kier molecular flexibility index (Phi) is 4.53. The van der Waals surface area contributed by atoms with Crippen LogP contribution in [0.5, 0.6) is 17.2 Å². The first-order valence-corrected chi connectivity index (χ1v) is 8.74. The third-order valence-electron chi connectivity index (χ3n) is 4.96. The number of benzene rings is 1. The first-order valence-electron chi connectivity index (χ1n) is 8.74. The van der Waals surface area contributed by atoms with Gasteiger partial charge >= 0.3 is 0 Å². The molecule has 0 fully saturated rings. The number of hydrogen-bond acceptors (Lipinski definition) is 6. The smallest absolute Gasteiger partial charge is 0.203 e. The summed E-state index contributed by atoms with van der Waals surface area (Å²) in [5.41, 5.74) is 4.93. The number of aryl methyl sites for hydroxylation is 1. The van der Waals surface area contributed by atoms with E-state index in [0.29, 0.717) is 29.5 Å². The molecule has 1 aliphatic carbocycles. The maximum atomic E-state index is 9.41. The molecular formula is C20H22N2O5. The molecule has 2 heterocycles. The summed E-state index contributed by atoms with van der Waals surface area (Å²) in [6.45, 7) is 0.556. The molecule has 2 aromatic heterocycles. The van der Waals surface area contributed by atoms with E-state index in [4.69, 9.17) is 18.7 Å². The molecule has 142 valence electrons. The van der Waals surface area contributed by atoms with Gasteiger partial charge in [-0.25, -0.2) is 0 Å². The number of methoxy groups -OCH3 is 3. The van der Waals surface area contributed by atoms with Crippen molar-refractivity contribution < 1.29 is 23.8 Å². The summed E-state index contributed by atoms with van der Waals surface area (Å²) in [6, 6.07) is 3.90. The summed E-state index contributed by atoms with van der Waals surface area (Å²) >= 11 is 0. The lowest BCUT2D eigenvalue weighted by molar-refractivity contribution is 0.266. The molecule has 1 aromatic carbocycles. The lowest BCUT2D eigenvalue weighted by Crippen LogP contribution is -2.01. The monoisotopic (exact) mass is 370 g/mol. The Hall–Kier alpha value is -2.93. The molecule has 0 atom stereocenters. The molecule has 0 spiro atoms. The van der Waals surface area contributed by atoms with Crippen LogP contribution in [-0.2, 0) is 26.0 Å². The van der Waals surface area contributed by atoms with Crippen molar-refractivity contribution in [2.24, 2.45) is 0 Å². The minimum Gasteiger partial charge on any atom is -0.493 e. The van der Waals surface area contributed by atoms with E-state index in [9.17, 15) is 5.11 Å². The normalized spacial score (nSPS) is 12.4. The average Bonchev–Trinajstić information content (AvgIpc) is 3.29. The predicted octanol–water partition coefficient (Wildman–Crippen LogP) is 2.81. The lowest BCUT2D eigenvalue weighted by atomic mass is 9.93. The molecule has 0 saturated heterocycles. The largest absolute Gasteiger partial charge is 0.493 e. The van der Waals surface area contributed by atoms with E-state index in [-0.39, 0.29) is 6.61 Å². The van der Waals surface area contributed by atoms with Gasteiger partial charge in [0.2, 0.25) is 5.75 Å². The number of fused-ring (bicyclic) bond motifs is 3. The van der Waals surface area contributed by atoms with E-state index in [1.807, 2.05) is 12.1 Å². The molecule has 7 nitrogen and oxygen atoms in total. The Morgan fingerprint density at radius 3 is 2.44 bits per heavy atom. The van der Waals surface area contributed by atoms with Crippen molar-refractivity contribution in [3.05, 3.63) is 46.9 Å². The van der Waals surface area contributed by atoms with E-state index < -0.39 is 0 Å². The molecule has 1 aliphatic rings. The SMILES string of the molecule is COc1cc(Cn2cc3c(c2)-c2onc(CO)c2CC3)cc(OC)c1OC. The van der Waals surface area contributed by atoms with Crippen LogP contribution in [0.4, 0.5) is 0 Å². The van der Waals surface area contributed by atoms with Gasteiger partial charge in [0.15, 0.2) is 17.3 Å². The van der Waals surface area contributed by atoms with Gasteiger partial charge < -0.3 is 28.4 Å². The molecule has 1 N–H and O–H groups in total. The van der Waals surface area contributed by atoms with E-state index in [2.05, 4.69) is 22.1 Å². The summed E-state index contributed by atoms with van der Waals surface area (Å²) in [6.07, 6.45) is 5.92. The average molecular weight is 370 g/mol. The van der Waals surface area contributed by atoms with Crippen LogP contribution in [0.3, 0.4) is 0 Å². The minimum absolute atomic E-state index is 0.0969. The van der Waals surface area contributed by atoms with Crippen LogP contribution >= 0.6 is 0 Å². The van der Waals surface area contributed by atoms with Crippen molar-refractivity contribution in [2.75, 3.05) is 21.3 Å². The number of ether oxygens (including phenoxy) is 3. The zero-order chi connectivity index (χ0) is 19.0. The fraction of sp³-hybridized carbons (Fsp3) is 0.350. The Morgan fingerprint density at radius 2 is 1.81 bits per heavy atom. The van der Waals surface area contributed by atoms with Crippen LogP contribution in [0.1, 0.15) is 22.4 Å². The van der Waals surface area contributed by atoms with E-state index in [0.717, 1.165) is 35.3 Å². The first kappa shape index (κ1) is 17.5. The molecule has 0 bridgehead atoms. The van der Waals surface area contributed by atoms with Crippen molar-refractivity contribution in [3.63, 3.8) is 0 Å². The van der Waals surface area contributed by atoms with Crippen LogP contribution in [0.15, 0.2) is 29.0 Å². The second-order valence-electron chi connectivity index (χ2n) is 6.50. The Morgan fingerprint density at radius 1 is 1.07 bits per heavy atom. The molecule has 7 heteroatoms. The highest BCUT2D eigenvalue weighted by Gasteiger charge is 2.25. The molecule has 0 aliphatic heterocycles. The second-order valence-corrected chi connectivity index (χ2v) is 6.50. The molecule has 0 unspecified atom stereocenters. The number of nitrogens with zero attached hydrogens (tertiary/aromatic N) is 2. The molecule has 0 amide bonds. The van der Waals surface area contributed by atoms with Gasteiger partial charge in [0.1, 0.15) is 5.69 Å².